The molecule has 1 saturated heterocycles. The summed E-state index contributed by atoms with van der Waals surface area (Å²) in [6, 6.07) is 0. The number of rotatable bonds is 1. The lowest BCUT2D eigenvalue weighted by Crippen LogP contribution is -2.59. The van der Waals surface area contributed by atoms with Crippen molar-refractivity contribution in [3.8, 4) is 0 Å². The molecule has 0 spiro atoms. The molecule has 0 aliphatic carbocycles. The summed E-state index contributed by atoms with van der Waals surface area (Å²) in [5.41, 5.74) is 0. The maximum atomic E-state index is 9.77. The number of carbonyl (C=O) groups is 1. The first kappa shape index (κ1) is 6.31. The van der Waals surface area contributed by atoms with Crippen LogP contribution in [-0.2, 0) is 4.74 Å². The number of aliphatic hydroxyl groups is 1. The Balaban J connectivity index is 2.21. The third-order valence-electron chi connectivity index (χ3n) is 1.11. The van der Waals surface area contributed by atoms with E-state index < -0.39 is 18.5 Å². The zero-order valence-electron chi connectivity index (χ0n) is 4.57. The van der Waals surface area contributed by atoms with Crippen LogP contribution in [0.1, 0.15) is 0 Å². The second-order valence-electron chi connectivity index (χ2n) is 1.78. The number of β-amino-alcohol motifs (C(OH)–C–C–N with tert-alkyl or cyclic N) is 1. The van der Waals surface area contributed by atoms with Gasteiger partial charge >= 0.3 is 6.16 Å². The number of hydrogen-bond donors (Lipinski definition) is 3. The van der Waals surface area contributed by atoms with Crippen LogP contribution in [0.15, 0.2) is 0 Å². The van der Waals surface area contributed by atoms with E-state index in [2.05, 4.69) is 10.1 Å². The van der Waals surface area contributed by atoms with Gasteiger partial charge in [0.15, 0.2) is 6.23 Å². The highest BCUT2D eigenvalue weighted by molar-refractivity contribution is 5.57. The van der Waals surface area contributed by atoms with Gasteiger partial charge in [-0.3, -0.25) is 5.32 Å². The number of ether oxygens (including phenoxy) is 1. The summed E-state index contributed by atoms with van der Waals surface area (Å²) in [5, 5.41) is 19.3. The molecule has 1 aliphatic rings. The Morgan fingerprint density at radius 1 is 1.78 bits per heavy atom. The van der Waals surface area contributed by atoms with Crippen LogP contribution in [0.3, 0.4) is 0 Å². The van der Waals surface area contributed by atoms with Crippen molar-refractivity contribution < 1.29 is 19.7 Å². The summed E-state index contributed by atoms with van der Waals surface area (Å²) in [6.07, 6.45) is -2.77. The van der Waals surface area contributed by atoms with Crippen LogP contribution in [0, 0.1) is 0 Å². The van der Waals surface area contributed by atoms with Gasteiger partial charge in [0.25, 0.3) is 0 Å². The molecule has 0 aromatic heterocycles. The Labute approximate surface area is 51.2 Å². The molecule has 0 radical (unpaired) electrons. The van der Waals surface area contributed by atoms with E-state index in [4.69, 9.17) is 10.2 Å². The summed E-state index contributed by atoms with van der Waals surface area (Å²) < 4.78 is 4.15. The molecule has 52 valence electrons. The summed E-state index contributed by atoms with van der Waals surface area (Å²) in [7, 11) is 0. The van der Waals surface area contributed by atoms with Gasteiger partial charge in [0, 0.05) is 6.54 Å². The van der Waals surface area contributed by atoms with E-state index in [9.17, 15) is 4.79 Å². The SMILES string of the molecule is O=C(O)OC1NCC1O. The molecule has 1 aliphatic heterocycles. The molecular formula is C4H7NO4. The zero-order chi connectivity index (χ0) is 6.85. The lowest BCUT2D eigenvalue weighted by atomic mass is 10.2. The van der Waals surface area contributed by atoms with E-state index in [-0.39, 0.29) is 0 Å². The quantitative estimate of drug-likeness (QED) is 0.399. The average molecular weight is 133 g/mol. The maximum absolute atomic E-state index is 9.77. The van der Waals surface area contributed by atoms with Crippen molar-refractivity contribution in [3.63, 3.8) is 0 Å². The van der Waals surface area contributed by atoms with E-state index >= 15 is 0 Å². The van der Waals surface area contributed by atoms with Gasteiger partial charge in [0.2, 0.25) is 0 Å². The molecule has 0 amide bonds. The number of carboxylic acid groups (broad SMARTS) is 1. The van der Waals surface area contributed by atoms with Gasteiger partial charge in [-0.05, 0) is 0 Å². The van der Waals surface area contributed by atoms with Gasteiger partial charge in [-0.25, -0.2) is 4.79 Å². The van der Waals surface area contributed by atoms with E-state index in [0.717, 1.165) is 0 Å². The zero-order valence-corrected chi connectivity index (χ0v) is 4.57. The standard InChI is InChI=1S/C4H7NO4/c6-2-1-5-3(2)9-4(7)8/h2-3,5-6H,1H2,(H,7,8). The lowest BCUT2D eigenvalue weighted by Gasteiger charge is -2.31. The summed E-state index contributed by atoms with van der Waals surface area (Å²) in [4.78, 5) is 9.77. The summed E-state index contributed by atoms with van der Waals surface area (Å²) >= 11 is 0. The first-order chi connectivity index (χ1) is 4.20. The molecule has 5 nitrogen and oxygen atoms in total. The second kappa shape index (κ2) is 2.20. The van der Waals surface area contributed by atoms with Crippen LogP contribution < -0.4 is 5.32 Å². The molecule has 1 heterocycles. The number of aliphatic hydroxyl groups excluding tert-OH is 1. The van der Waals surface area contributed by atoms with Crippen molar-refractivity contribution in [2.75, 3.05) is 6.54 Å². The Bertz CT molecular complexity index is 126. The third-order valence-corrected chi connectivity index (χ3v) is 1.11. The molecule has 0 saturated carbocycles. The molecule has 2 unspecified atom stereocenters. The van der Waals surface area contributed by atoms with Gasteiger partial charge in [0.1, 0.15) is 6.10 Å². The van der Waals surface area contributed by atoms with E-state index in [1.165, 1.54) is 0 Å². The topological polar surface area (TPSA) is 78.8 Å². The predicted octanol–water partition coefficient (Wildman–Crippen LogP) is -1.03. The van der Waals surface area contributed by atoms with Crippen LogP contribution in [0.2, 0.25) is 0 Å². The average Bonchev–Trinajstić information content (AvgIpc) is 1.79. The number of nitrogens with one attached hydrogen (secondary N) is 1. The highest BCUT2D eigenvalue weighted by atomic mass is 16.7. The fourth-order valence-electron chi connectivity index (χ4n) is 0.548. The minimum atomic E-state index is -1.37. The van der Waals surface area contributed by atoms with E-state index in [1.807, 2.05) is 0 Å². The monoisotopic (exact) mass is 133 g/mol. The van der Waals surface area contributed by atoms with Gasteiger partial charge in [-0.15, -0.1) is 0 Å². The van der Waals surface area contributed by atoms with Gasteiger partial charge in [-0.2, -0.15) is 0 Å². The molecule has 0 bridgehead atoms. The largest absolute Gasteiger partial charge is 0.507 e. The van der Waals surface area contributed by atoms with Crippen molar-refractivity contribution >= 4 is 6.16 Å². The first-order valence-corrected chi connectivity index (χ1v) is 2.51. The molecule has 1 rings (SSSR count). The number of hydrogen-bond acceptors (Lipinski definition) is 4. The molecule has 2 atom stereocenters. The Morgan fingerprint density at radius 2 is 2.44 bits per heavy atom. The normalized spacial score (nSPS) is 33.0. The first-order valence-electron chi connectivity index (χ1n) is 2.51. The van der Waals surface area contributed by atoms with Gasteiger partial charge < -0.3 is 14.9 Å². The second-order valence-corrected chi connectivity index (χ2v) is 1.78. The molecule has 0 aromatic carbocycles. The van der Waals surface area contributed by atoms with E-state index in [0.29, 0.717) is 6.54 Å². The maximum Gasteiger partial charge on any atom is 0.507 e. The molecule has 3 N–H and O–H groups in total. The van der Waals surface area contributed by atoms with Crippen molar-refractivity contribution in [3.05, 3.63) is 0 Å². The molecule has 0 aromatic rings. The molecule has 5 heteroatoms. The van der Waals surface area contributed by atoms with Crippen LogP contribution >= 0.6 is 0 Å². The Morgan fingerprint density at radius 3 is 2.56 bits per heavy atom. The Kier molecular flexibility index (Phi) is 1.54. The van der Waals surface area contributed by atoms with Crippen LogP contribution in [-0.4, -0.2) is 35.2 Å². The van der Waals surface area contributed by atoms with Crippen LogP contribution in [0.4, 0.5) is 4.79 Å². The highest BCUT2D eigenvalue weighted by Crippen LogP contribution is 2.04. The molecule has 9 heavy (non-hydrogen) atoms. The highest BCUT2D eigenvalue weighted by Gasteiger charge is 2.31. The smallest absolute Gasteiger partial charge is 0.450 e. The van der Waals surface area contributed by atoms with Crippen molar-refractivity contribution in [2.24, 2.45) is 0 Å². The minimum absolute atomic E-state index is 0.401. The fraction of sp³-hybridized carbons (Fsp3) is 0.750. The lowest BCUT2D eigenvalue weighted by molar-refractivity contribution is -0.0833. The van der Waals surface area contributed by atoms with Crippen molar-refractivity contribution in [2.45, 2.75) is 12.3 Å². The predicted molar refractivity (Wildman–Crippen MR) is 26.9 cm³/mol. The third kappa shape index (κ3) is 1.30. The van der Waals surface area contributed by atoms with E-state index in [1.54, 1.807) is 0 Å². The van der Waals surface area contributed by atoms with Gasteiger partial charge in [0.05, 0.1) is 0 Å². The van der Waals surface area contributed by atoms with Crippen molar-refractivity contribution in [1.82, 2.24) is 5.32 Å². The van der Waals surface area contributed by atoms with Gasteiger partial charge in [-0.1, -0.05) is 0 Å². The molecule has 1 fully saturated rings. The summed E-state index contributed by atoms with van der Waals surface area (Å²) in [5.74, 6) is 0. The molecular weight excluding hydrogens is 126 g/mol. The van der Waals surface area contributed by atoms with Crippen molar-refractivity contribution in [1.29, 1.82) is 0 Å². The summed E-state index contributed by atoms with van der Waals surface area (Å²) in [6.45, 7) is 0.401. The Hall–Kier alpha value is -0.810. The fourth-order valence-corrected chi connectivity index (χ4v) is 0.548. The van der Waals surface area contributed by atoms with Crippen LogP contribution in [0.5, 0.6) is 0 Å². The van der Waals surface area contributed by atoms with Crippen LogP contribution in [0.25, 0.3) is 0 Å². The minimum Gasteiger partial charge on any atom is -0.450 e.